The smallest absolute Gasteiger partial charge is 0.331 e. The van der Waals surface area contributed by atoms with Gasteiger partial charge in [0.1, 0.15) is 17.2 Å². The Bertz CT molecular complexity index is 1440. The molecule has 0 bridgehead atoms. The molecule has 0 spiro atoms. The van der Waals surface area contributed by atoms with Crippen molar-refractivity contribution < 1.29 is 32.3 Å². The van der Waals surface area contributed by atoms with Gasteiger partial charge in [-0.2, -0.15) is 0 Å². The SMILES string of the molecule is COc1cc(/C=C/C(=O)OCC(=O)Cc2ccc(O[Si](C)(C)C(C)(C)C)c(O[Si](C)(C)C(C)(C)C)c2)ccc1O[Si](C)(C)C(C)(C)C. The van der Waals surface area contributed by atoms with Gasteiger partial charge < -0.3 is 22.8 Å². The molecule has 0 N–H and O–H groups in total. The molecule has 0 radical (unpaired) electrons. The van der Waals surface area contributed by atoms with E-state index in [9.17, 15) is 9.59 Å². The van der Waals surface area contributed by atoms with Crippen LogP contribution in [-0.4, -0.2) is 50.4 Å². The van der Waals surface area contributed by atoms with Crippen LogP contribution in [0, 0.1) is 0 Å². The number of ether oxygens (including phenoxy) is 2. The summed E-state index contributed by atoms with van der Waals surface area (Å²) in [4.78, 5) is 25.4. The van der Waals surface area contributed by atoms with Gasteiger partial charge in [-0.15, -0.1) is 0 Å². The summed E-state index contributed by atoms with van der Waals surface area (Å²) >= 11 is 0. The fourth-order valence-electron chi connectivity index (χ4n) is 3.63. The Balaban J connectivity index is 2.14. The minimum atomic E-state index is -2.20. The van der Waals surface area contributed by atoms with Gasteiger partial charge >= 0.3 is 5.97 Å². The molecule has 2 rings (SSSR count). The average Bonchev–Trinajstić information content (AvgIpc) is 2.90. The Labute approximate surface area is 287 Å². The Hall–Kier alpha value is -2.83. The van der Waals surface area contributed by atoms with Crippen molar-refractivity contribution in [3.63, 3.8) is 0 Å². The Kier molecular flexibility index (Phi) is 12.7. The van der Waals surface area contributed by atoms with E-state index >= 15 is 0 Å². The number of carbonyl (C=O) groups excluding carboxylic acids is 2. The Morgan fingerprint density at radius 3 is 1.55 bits per heavy atom. The number of benzene rings is 2. The second-order valence-electron chi connectivity index (χ2n) is 16.9. The summed E-state index contributed by atoms with van der Waals surface area (Å²) in [6.45, 7) is 32.6. The molecule has 47 heavy (non-hydrogen) atoms. The molecule has 0 aliphatic rings. The van der Waals surface area contributed by atoms with Crippen LogP contribution < -0.4 is 18.0 Å². The molecule has 0 aromatic heterocycles. The molecule has 0 saturated heterocycles. The van der Waals surface area contributed by atoms with E-state index in [1.165, 1.54) is 6.08 Å². The van der Waals surface area contributed by atoms with Gasteiger partial charge in [0.05, 0.1) is 7.11 Å². The average molecular weight is 701 g/mol. The van der Waals surface area contributed by atoms with Crippen molar-refractivity contribution in [2.75, 3.05) is 13.7 Å². The lowest BCUT2D eigenvalue weighted by Crippen LogP contribution is -2.45. The third kappa shape index (κ3) is 11.1. The maximum atomic E-state index is 12.9. The highest BCUT2D eigenvalue weighted by Crippen LogP contribution is 2.44. The van der Waals surface area contributed by atoms with Crippen molar-refractivity contribution in [2.45, 2.75) is 123 Å². The first-order chi connectivity index (χ1) is 21.2. The predicted octanol–water partition coefficient (Wildman–Crippen LogP) is 10.2. The van der Waals surface area contributed by atoms with E-state index in [1.807, 2.05) is 36.4 Å². The van der Waals surface area contributed by atoms with Crippen LogP contribution in [0.15, 0.2) is 42.5 Å². The van der Waals surface area contributed by atoms with Crippen molar-refractivity contribution in [1.82, 2.24) is 0 Å². The number of methoxy groups -OCH3 is 1. The van der Waals surface area contributed by atoms with E-state index in [2.05, 4.69) is 102 Å². The van der Waals surface area contributed by atoms with Gasteiger partial charge in [-0.3, -0.25) is 4.79 Å². The Morgan fingerprint density at radius 2 is 1.09 bits per heavy atom. The van der Waals surface area contributed by atoms with Crippen LogP contribution in [0.25, 0.3) is 6.08 Å². The van der Waals surface area contributed by atoms with Gasteiger partial charge in [0.2, 0.25) is 0 Å². The largest absolute Gasteiger partial charge is 0.541 e. The lowest BCUT2D eigenvalue weighted by molar-refractivity contribution is -0.142. The zero-order chi connectivity index (χ0) is 36.2. The molecule has 0 fully saturated rings. The quantitative estimate of drug-likeness (QED) is 0.117. The molecule has 0 atom stereocenters. The van der Waals surface area contributed by atoms with Crippen molar-refractivity contribution in [3.8, 4) is 23.0 Å². The maximum Gasteiger partial charge on any atom is 0.331 e. The molecule has 2 aromatic carbocycles. The molecule has 0 amide bonds. The van der Waals surface area contributed by atoms with Gasteiger partial charge in [-0.05, 0) is 95.9 Å². The van der Waals surface area contributed by atoms with Crippen molar-refractivity contribution >= 4 is 42.8 Å². The van der Waals surface area contributed by atoms with Crippen LogP contribution in [0.3, 0.4) is 0 Å². The van der Waals surface area contributed by atoms with Crippen molar-refractivity contribution in [2.24, 2.45) is 0 Å². The van der Waals surface area contributed by atoms with Gasteiger partial charge in [-0.1, -0.05) is 74.4 Å². The first-order valence-electron chi connectivity index (χ1n) is 16.4. The van der Waals surface area contributed by atoms with E-state index in [0.29, 0.717) is 23.0 Å². The molecular formula is C37H60O7Si3. The zero-order valence-electron chi connectivity index (χ0n) is 31.9. The number of esters is 1. The van der Waals surface area contributed by atoms with Crippen LogP contribution in [0.5, 0.6) is 23.0 Å². The van der Waals surface area contributed by atoms with E-state index < -0.39 is 30.9 Å². The zero-order valence-corrected chi connectivity index (χ0v) is 34.9. The second kappa shape index (κ2) is 14.7. The molecule has 2 aromatic rings. The summed E-state index contributed by atoms with van der Waals surface area (Å²) in [6.07, 6.45) is 3.06. The number of hydrogen-bond donors (Lipinski definition) is 0. The monoisotopic (exact) mass is 700 g/mol. The molecule has 0 saturated carbocycles. The van der Waals surface area contributed by atoms with E-state index in [0.717, 1.165) is 11.1 Å². The van der Waals surface area contributed by atoms with Gasteiger partial charge in [0, 0.05) is 12.5 Å². The van der Waals surface area contributed by atoms with Crippen LogP contribution in [-0.2, 0) is 20.7 Å². The van der Waals surface area contributed by atoms with Crippen LogP contribution >= 0.6 is 0 Å². The maximum absolute atomic E-state index is 12.9. The summed E-state index contributed by atoms with van der Waals surface area (Å²) in [5, 5.41) is 0.0460. The topological polar surface area (TPSA) is 80.3 Å². The van der Waals surface area contributed by atoms with E-state index in [4.69, 9.17) is 22.8 Å². The number of hydrogen-bond acceptors (Lipinski definition) is 7. The van der Waals surface area contributed by atoms with E-state index in [1.54, 1.807) is 13.2 Å². The fourth-order valence-corrected chi connectivity index (χ4v) is 6.69. The molecule has 10 heteroatoms. The first kappa shape index (κ1) is 40.3. The molecule has 0 unspecified atom stereocenters. The third-order valence-corrected chi connectivity index (χ3v) is 22.9. The fraction of sp³-hybridized carbons (Fsp3) is 0.568. The van der Waals surface area contributed by atoms with Crippen molar-refractivity contribution in [3.05, 3.63) is 53.6 Å². The molecule has 0 heterocycles. The molecule has 7 nitrogen and oxygen atoms in total. The summed E-state index contributed by atoms with van der Waals surface area (Å²) in [5.74, 6) is 1.85. The standard InChI is InChI=1S/C37H60O7Si3/c1-35(2,3)45(11,12)42-30-20-17-27(24-32(30)40-10)19-22-34(39)41-26-29(38)23-28-18-21-31(43-46(13,14)36(4,5)6)33(25-28)44-47(15,16)37(7,8)9/h17-22,24-25H,23,26H2,1-16H3/b22-19+. The minimum Gasteiger partial charge on any atom is -0.541 e. The number of carbonyl (C=O) groups is 2. The highest BCUT2D eigenvalue weighted by Gasteiger charge is 2.42. The normalized spacial score (nSPS) is 13.4. The lowest BCUT2D eigenvalue weighted by atomic mass is 10.1. The summed E-state index contributed by atoms with van der Waals surface area (Å²) in [7, 11) is -4.79. The molecular weight excluding hydrogens is 641 g/mol. The highest BCUT2D eigenvalue weighted by atomic mass is 28.4. The lowest BCUT2D eigenvalue weighted by Gasteiger charge is -2.39. The van der Waals surface area contributed by atoms with Crippen LogP contribution in [0.2, 0.25) is 54.4 Å². The molecule has 0 aliphatic carbocycles. The highest BCUT2D eigenvalue weighted by molar-refractivity contribution is 6.75. The number of Topliss-reactive ketones (excluding diaryl/α,β-unsaturated/α-hetero) is 1. The van der Waals surface area contributed by atoms with Gasteiger partial charge in [-0.25, -0.2) is 4.79 Å². The van der Waals surface area contributed by atoms with E-state index in [-0.39, 0.29) is 33.9 Å². The second-order valence-corrected chi connectivity index (χ2v) is 31.1. The number of ketones is 1. The van der Waals surface area contributed by atoms with Gasteiger partial charge in [0.15, 0.2) is 18.1 Å². The van der Waals surface area contributed by atoms with Crippen LogP contribution in [0.1, 0.15) is 73.4 Å². The minimum absolute atomic E-state index is 0.0134. The molecule has 262 valence electrons. The summed E-state index contributed by atoms with van der Waals surface area (Å²) in [6, 6.07) is 11.3. The van der Waals surface area contributed by atoms with Gasteiger partial charge in [0.25, 0.3) is 25.0 Å². The van der Waals surface area contributed by atoms with Crippen molar-refractivity contribution in [1.29, 1.82) is 0 Å². The van der Waals surface area contributed by atoms with Crippen LogP contribution in [0.4, 0.5) is 0 Å². The number of rotatable bonds is 13. The molecule has 0 aliphatic heterocycles. The summed E-state index contributed by atoms with van der Waals surface area (Å²) < 4.78 is 30.7. The Morgan fingerprint density at radius 1 is 0.638 bits per heavy atom. The first-order valence-corrected chi connectivity index (χ1v) is 25.2. The third-order valence-electron chi connectivity index (χ3n) is 9.90. The predicted molar refractivity (Wildman–Crippen MR) is 202 cm³/mol. The summed E-state index contributed by atoms with van der Waals surface area (Å²) in [5.41, 5.74) is 1.53.